The van der Waals surface area contributed by atoms with Crippen molar-refractivity contribution in [3.63, 3.8) is 0 Å². The predicted octanol–water partition coefficient (Wildman–Crippen LogP) is 7.24. The van der Waals surface area contributed by atoms with Crippen LogP contribution >= 0.6 is 102 Å². The second kappa shape index (κ2) is 10.6. The Hall–Kier alpha value is 0.0100. The normalized spacial score (nSPS) is 12.3. The molecule has 29 heavy (non-hydrogen) atoms. The van der Waals surface area contributed by atoms with Crippen LogP contribution in [0.25, 0.3) is 0 Å². The van der Waals surface area contributed by atoms with E-state index in [2.05, 4.69) is 47.8 Å². The highest BCUT2D eigenvalue weighted by molar-refractivity contribution is 9.11. The number of halogens is 7. The van der Waals surface area contributed by atoms with Crippen LogP contribution in [-0.2, 0) is 0 Å². The van der Waals surface area contributed by atoms with Crippen molar-refractivity contribution in [3.05, 3.63) is 60.4 Å². The lowest BCUT2D eigenvalue weighted by Crippen LogP contribution is -2.56. The minimum atomic E-state index is -1.91. The number of hydrogen-bond donors (Lipinski definition) is 3. The zero-order chi connectivity index (χ0) is 21.9. The van der Waals surface area contributed by atoms with Crippen molar-refractivity contribution < 1.29 is 4.79 Å². The Morgan fingerprint density at radius 1 is 1.07 bits per heavy atom. The molecule has 0 fully saturated rings. The van der Waals surface area contributed by atoms with Crippen molar-refractivity contribution in [3.8, 4) is 0 Å². The van der Waals surface area contributed by atoms with Crippen LogP contribution in [0.1, 0.15) is 15.9 Å². The van der Waals surface area contributed by atoms with Gasteiger partial charge in [-0.2, -0.15) is 0 Å². The van der Waals surface area contributed by atoms with Gasteiger partial charge in [0.2, 0.25) is 3.79 Å². The van der Waals surface area contributed by atoms with Crippen LogP contribution in [0.5, 0.6) is 0 Å². The maximum atomic E-state index is 12.6. The summed E-state index contributed by atoms with van der Waals surface area (Å²) in [5.41, 5.74) is 1.88. The lowest BCUT2D eigenvalue weighted by Gasteiger charge is -2.28. The lowest BCUT2D eigenvalue weighted by molar-refractivity contribution is 0.0934. The van der Waals surface area contributed by atoms with E-state index < -0.39 is 15.9 Å². The van der Waals surface area contributed by atoms with Gasteiger partial charge in [0.25, 0.3) is 5.91 Å². The molecule has 1 amide bonds. The summed E-state index contributed by atoms with van der Waals surface area (Å²) in [6.07, 6.45) is -1.16. The number of rotatable bonds is 4. The van der Waals surface area contributed by atoms with E-state index in [1.807, 2.05) is 19.1 Å². The van der Waals surface area contributed by atoms with Gasteiger partial charge in [0.05, 0.1) is 16.3 Å². The molecular formula is C17H12Br2Cl5N3OS. The molecule has 0 unspecified atom stereocenters. The number of nitrogens with one attached hydrogen (secondary N) is 3. The summed E-state index contributed by atoms with van der Waals surface area (Å²) in [5, 5.41) is 9.02. The Balaban J connectivity index is 2.17. The van der Waals surface area contributed by atoms with Gasteiger partial charge in [-0.3, -0.25) is 4.79 Å². The molecule has 2 rings (SSSR count). The third-order valence-electron chi connectivity index (χ3n) is 3.48. The van der Waals surface area contributed by atoms with Gasteiger partial charge >= 0.3 is 0 Å². The number of anilines is 1. The highest BCUT2D eigenvalue weighted by Crippen LogP contribution is 2.33. The van der Waals surface area contributed by atoms with Crippen LogP contribution < -0.4 is 16.0 Å². The molecule has 4 nitrogen and oxygen atoms in total. The fraction of sp³-hybridized carbons (Fsp3) is 0.176. The lowest BCUT2D eigenvalue weighted by atomic mass is 10.2. The smallest absolute Gasteiger partial charge is 0.254 e. The first-order valence-electron chi connectivity index (χ1n) is 7.74. The number of carbonyl (C=O) groups excluding carboxylic acids is 1. The number of alkyl halides is 3. The number of benzene rings is 2. The third-order valence-corrected chi connectivity index (χ3v) is 6.15. The van der Waals surface area contributed by atoms with Crippen molar-refractivity contribution in [1.82, 2.24) is 10.6 Å². The number of aryl methyl sites for hydroxylation is 1. The van der Waals surface area contributed by atoms with E-state index in [-0.39, 0.29) is 15.7 Å². The largest absolute Gasteiger partial charge is 0.339 e. The van der Waals surface area contributed by atoms with Gasteiger partial charge < -0.3 is 16.0 Å². The Bertz CT molecular complexity index is 932. The van der Waals surface area contributed by atoms with Crippen molar-refractivity contribution in [2.45, 2.75) is 16.9 Å². The molecule has 0 aromatic heterocycles. The maximum Gasteiger partial charge on any atom is 0.254 e. The van der Waals surface area contributed by atoms with Crippen LogP contribution in [0.3, 0.4) is 0 Å². The van der Waals surface area contributed by atoms with Crippen LogP contribution in [-0.4, -0.2) is 21.0 Å². The van der Waals surface area contributed by atoms with E-state index >= 15 is 0 Å². The SMILES string of the molecule is Cc1cc(Br)c(NC(=S)N[C@@H](NC(=O)c2ccc(Cl)cc2Cl)C(Cl)(Cl)Cl)c(Br)c1. The van der Waals surface area contributed by atoms with Crippen LogP contribution in [0.2, 0.25) is 10.0 Å². The Kier molecular flexibility index (Phi) is 9.19. The number of thiocarbonyl (C=S) groups is 1. The summed E-state index contributed by atoms with van der Waals surface area (Å²) in [6, 6.07) is 8.25. The van der Waals surface area contributed by atoms with E-state index in [4.69, 9.17) is 70.2 Å². The molecule has 2 aromatic rings. The summed E-state index contributed by atoms with van der Waals surface area (Å²) in [4.78, 5) is 12.6. The highest BCUT2D eigenvalue weighted by atomic mass is 79.9. The molecule has 0 saturated heterocycles. The molecule has 0 radical (unpaired) electrons. The van der Waals surface area contributed by atoms with Gasteiger partial charge in [0.15, 0.2) is 5.11 Å². The monoisotopic (exact) mass is 639 g/mol. The van der Waals surface area contributed by atoms with E-state index in [1.165, 1.54) is 18.2 Å². The van der Waals surface area contributed by atoms with Crippen molar-refractivity contribution >= 4 is 119 Å². The summed E-state index contributed by atoms with van der Waals surface area (Å²) in [6.45, 7) is 1.95. The third kappa shape index (κ3) is 7.28. The van der Waals surface area contributed by atoms with Gasteiger partial charge in [-0.1, -0.05) is 58.0 Å². The molecule has 0 bridgehead atoms. The molecule has 12 heteroatoms. The van der Waals surface area contributed by atoms with Crippen molar-refractivity contribution in [1.29, 1.82) is 0 Å². The second-order valence-electron chi connectivity index (χ2n) is 5.77. The standard InChI is InChI=1S/C17H12Br2Cl5N3OS/c1-7-4-10(18)13(11(19)5-7)25-16(29)27-15(17(22,23)24)26-14(28)9-3-2-8(20)6-12(9)21/h2-6,15H,1H3,(H,26,28)(H2,25,27,29)/t15-/m1/s1. The summed E-state index contributed by atoms with van der Waals surface area (Å²) in [7, 11) is 0. The first-order valence-corrected chi connectivity index (χ1v) is 11.6. The topological polar surface area (TPSA) is 53.2 Å². The molecule has 0 aliphatic heterocycles. The number of hydrogen-bond acceptors (Lipinski definition) is 2. The summed E-state index contributed by atoms with van der Waals surface area (Å²) in [5.74, 6) is -0.573. The van der Waals surface area contributed by atoms with Gasteiger partial charge in [-0.25, -0.2) is 0 Å². The van der Waals surface area contributed by atoms with Gasteiger partial charge in [-0.15, -0.1) is 0 Å². The fourth-order valence-corrected chi connectivity index (χ4v) is 4.84. The quantitative estimate of drug-likeness (QED) is 0.187. The highest BCUT2D eigenvalue weighted by Gasteiger charge is 2.35. The minimum absolute atomic E-state index is 0.120. The van der Waals surface area contributed by atoms with Crippen molar-refractivity contribution in [2.24, 2.45) is 0 Å². The molecule has 0 spiro atoms. The van der Waals surface area contributed by atoms with Crippen molar-refractivity contribution in [2.75, 3.05) is 5.32 Å². The first kappa shape index (κ1) is 25.3. The summed E-state index contributed by atoms with van der Waals surface area (Å²) >= 11 is 42.2. The van der Waals surface area contributed by atoms with E-state index in [0.29, 0.717) is 10.7 Å². The molecular weight excluding hydrogens is 631 g/mol. The molecule has 0 aliphatic rings. The molecule has 0 saturated carbocycles. The van der Waals surface area contributed by atoms with Crippen LogP contribution in [0, 0.1) is 6.92 Å². The maximum absolute atomic E-state index is 12.6. The molecule has 0 heterocycles. The number of amides is 1. The Morgan fingerprint density at radius 2 is 1.66 bits per heavy atom. The van der Waals surface area contributed by atoms with E-state index in [0.717, 1.165) is 14.5 Å². The summed E-state index contributed by atoms with van der Waals surface area (Å²) < 4.78 is -0.367. The molecule has 156 valence electrons. The van der Waals surface area contributed by atoms with Gasteiger partial charge in [0.1, 0.15) is 6.17 Å². The molecule has 3 N–H and O–H groups in total. The Labute approximate surface area is 215 Å². The zero-order valence-corrected chi connectivity index (χ0v) is 22.2. The van der Waals surface area contributed by atoms with Crippen LogP contribution in [0.15, 0.2) is 39.3 Å². The minimum Gasteiger partial charge on any atom is -0.339 e. The average Bonchev–Trinajstić information content (AvgIpc) is 2.56. The fourth-order valence-electron chi connectivity index (χ4n) is 2.18. The Morgan fingerprint density at radius 3 is 2.17 bits per heavy atom. The zero-order valence-electron chi connectivity index (χ0n) is 14.4. The van der Waals surface area contributed by atoms with Crippen LogP contribution in [0.4, 0.5) is 5.69 Å². The predicted molar refractivity (Wildman–Crippen MR) is 134 cm³/mol. The second-order valence-corrected chi connectivity index (χ2v) is 11.1. The molecule has 0 aliphatic carbocycles. The molecule has 2 aromatic carbocycles. The number of carbonyl (C=O) groups is 1. The van der Waals surface area contributed by atoms with Gasteiger partial charge in [0, 0.05) is 14.0 Å². The van der Waals surface area contributed by atoms with E-state index in [9.17, 15) is 4.79 Å². The van der Waals surface area contributed by atoms with E-state index in [1.54, 1.807) is 0 Å². The molecule has 1 atom stereocenters. The average molecular weight is 643 g/mol. The van der Waals surface area contributed by atoms with Gasteiger partial charge in [-0.05, 0) is 86.9 Å². The first-order chi connectivity index (χ1) is 13.4.